The number of hydrogen-bond donors (Lipinski definition) is 2. The van der Waals surface area contributed by atoms with Crippen molar-refractivity contribution in [3.8, 4) is 5.88 Å². The molecule has 0 radical (unpaired) electrons. The van der Waals surface area contributed by atoms with Crippen LogP contribution in [-0.2, 0) is 4.74 Å². The molecule has 6 nitrogen and oxygen atoms in total. The molecule has 3 heterocycles. The van der Waals surface area contributed by atoms with Gasteiger partial charge in [0.25, 0.3) is 0 Å². The molecule has 29 heavy (non-hydrogen) atoms. The summed E-state index contributed by atoms with van der Waals surface area (Å²) in [7, 11) is 0. The van der Waals surface area contributed by atoms with Crippen molar-refractivity contribution in [2.75, 3.05) is 38.2 Å². The van der Waals surface area contributed by atoms with E-state index in [4.69, 9.17) is 4.74 Å². The number of likely N-dealkylation sites (tertiary alicyclic amines) is 1. The van der Waals surface area contributed by atoms with E-state index in [-0.39, 0.29) is 6.04 Å². The summed E-state index contributed by atoms with van der Waals surface area (Å²) in [4.78, 5) is 7.19. The van der Waals surface area contributed by atoms with Gasteiger partial charge in [-0.15, -0.1) is 0 Å². The maximum Gasteiger partial charge on any atom is 0.201 e. The molecule has 1 saturated heterocycles. The highest BCUT2D eigenvalue weighted by molar-refractivity contribution is 6.14. The Hall–Kier alpha value is -2.05. The maximum absolute atomic E-state index is 11.0. The number of aliphatic imine (C=N–C) groups is 1. The van der Waals surface area contributed by atoms with Crippen LogP contribution in [0.25, 0.3) is 10.9 Å². The monoisotopic (exact) mass is 398 g/mol. The van der Waals surface area contributed by atoms with Gasteiger partial charge in [0, 0.05) is 42.3 Å². The first-order chi connectivity index (χ1) is 14.0. The van der Waals surface area contributed by atoms with E-state index in [1.807, 2.05) is 4.57 Å². The molecule has 158 valence electrons. The Morgan fingerprint density at radius 1 is 1.14 bits per heavy atom. The Morgan fingerprint density at radius 3 is 2.52 bits per heavy atom. The van der Waals surface area contributed by atoms with Crippen LogP contribution in [0.2, 0.25) is 0 Å². The van der Waals surface area contributed by atoms with Crippen molar-refractivity contribution in [2.45, 2.75) is 58.7 Å². The van der Waals surface area contributed by atoms with Crippen LogP contribution in [0, 0.1) is 0 Å². The Labute approximate surface area is 173 Å². The summed E-state index contributed by atoms with van der Waals surface area (Å²) in [5, 5.41) is 15.8. The first kappa shape index (κ1) is 20.2. The number of ether oxygens (including phenoxy) is 1. The van der Waals surface area contributed by atoms with Crippen LogP contribution in [0.15, 0.2) is 23.2 Å². The quantitative estimate of drug-likeness (QED) is 0.798. The van der Waals surface area contributed by atoms with Gasteiger partial charge in [0.1, 0.15) is 0 Å². The summed E-state index contributed by atoms with van der Waals surface area (Å²) >= 11 is 0. The second-order valence-corrected chi connectivity index (χ2v) is 8.82. The average molecular weight is 399 g/mol. The molecule has 0 spiro atoms. The zero-order valence-corrected chi connectivity index (χ0v) is 18.1. The van der Waals surface area contributed by atoms with Crippen molar-refractivity contribution in [3.63, 3.8) is 0 Å². The molecule has 1 aromatic carbocycles. The third-order valence-corrected chi connectivity index (χ3v) is 6.19. The second-order valence-electron chi connectivity index (χ2n) is 8.82. The van der Waals surface area contributed by atoms with Gasteiger partial charge in [0.2, 0.25) is 5.88 Å². The van der Waals surface area contributed by atoms with Gasteiger partial charge in [-0.3, -0.25) is 4.99 Å². The fourth-order valence-corrected chi connectivity index (χ4v) is 4.61. The van der Waals surface area contributed by atoms with Crippen LogP contribution < -0.4 is 5.32 Å². The molecule has 2 aromatic rings. The fraction of sp³-hybridized carbons (Fsp3) is 0.609. The lowest BCUT2D eigenvalue weighted by Crippen LogP contribution is -2.42. The van der Waals surface area contributed by atoms with Gasteiger partial charge in [-0.1, -0.05) is 0 Å². The van der Waals surface area contributed by atoms with Gasteiger partial charge >= 0.3 is 0 Å². The molecule has 0 unspecified atom stereocenters. The molecule has 1 fully saturated rings. The number of benzene rings is 1. The molecule has 6 heteroatoms. The van der Waals surface area contributed by atoms with E-state index in [9.17, 15) is 5.11 Å². The van der Waals surface area contributed by atoms with Crippen LogP contribution >= 0.6 is 0 Å². The van der Waals surface area contributed by atoms with Gasteiger partial charge in [0.05, 0.1) is 36.6 Å². The summed E-state index contributed by atoms with van der Waals surface area (Å²) in [6, 6.07) is 7.70. The van der Waals surface area contributed by atoms with Gasteiger partial charge in [-0.05, 0) is 58.7 Å². The molecule has 0 aliphatic carbocycles. The number of piperidine rings is 1. The molecular weight excluding hydrogens is 364 g/mol. The standard InChI is InChI=1S/C23H34N4O2/c1-15(2)26-10-7-17(8-11-26)25-18-5-6-21-19(13-18)22(20-14-29-12-9-24-20)23(28)27(21)16(3)4/h5-6,13,15-17,25,28H,7-12,14H2,1-4H3. The van der Waals surface area contributed by atoms with Crippen molar-refractivity contribution >= 4 is 22.3 Å². The van der Waals surface area contributed by atoms with E-state index < -0.39 is 0 Å². The van der Waals surface area contributed by atoms with Crippen LogP contribution in [0.1, 0.15) is 52.1 Å². The number of hydrogen-bond acceptors (Lipinski definition) is 5. The Bertz CT molecular complexity index is 892. The summed E-state index contributed by atoms with van der Waals surface area (Å²) in [6.07, 6.45) is 2.31. The molecular formula is C23H34N4O2. The van der Waals surface area contributed by atoms with E-state index in [1.165, 1.54) is 0 Å². The van der Waals surface area contributed by atoms with Crippen molar-refractivity contribution in [2.24, 2.45) is 4.99 Å². The highest BCUT2D eigenvalue weighted by Crippen LogP contribution is 2.37. The number of anilines is 1. The number of aromatic nitrogens is 1. The predicted octanol–water partition coefficient (Wildman–Crippen LogP) is 4.03. The topological polar surface area (TPSA) is 62.0 Å². The van der Waals surface area contributed by atoms with Crippen LogP contribution in [0.3, 0.4) is 0 Å². The predicted molar refractivity (Wildman–Crippen MR) is 120 cm³/mol. The van der Waals surface area contributed by atoms with Crippen molar-refractivity contribution in [3.05, 3.63) is 23.8 Å². The normalized spacial score (nSPS) is 19.3. The van der Waals surface area contributed by atoms with Crippen LogP contribution in [0.5, 0.6) is 5.88 Å². The lowest BCUT2D eigenvalue weighted by Gasteiger charge is -2.35. The molecule has 0 saturated carbocycles. The second kappa shape index (κ2) is 8.36. The zero-order valence-electron chi connectivity index (χ0n) is 18.1. The third kappa shape index (κ3) is 4.01. The molecule has 2 aliphatic heterocycles. The Kier molecular flexibility index (Phi) is 5.83. The largest absolute Gasteiger partial charge is 0.494 e. The molecule has 4 rings (SSSR count). The van der Waals surface area contributed by atoms with E-state index in [2.05, 4.69) is 61.1 Å². The van der Waals surface area contributed by atoms with E-state index in [1.54, 1.807) is 0 Å². The highest BCUT2D eigenvalue weighted by Gasteiger charge is 2.25. The minimum absolute atomic E-state index is 0.163. The molecule has 0 atom stereocenters. The van der Waals surface area contributed by atoms with Crippen LogP contribution in [0.4, 0.5) is 5.69 Å². The molecule has 2 aliphatic rings. The molecule has 2 N–H and O–H groups in total. The molecule has 1 aromatic heterocycles. The maximum atomic E-state index is 11.0. The third-order valence-electron chi connectivity index (χ3n) is 6.19. The summed E-state index contributed by atoms with van der Waals surface area (Å²) in [6.45, 7) is 12.8. The van der Waals surface area contributed by atoms with Gasteiger partial charge < -0.3 is 24.6 Å². The summed E-state index contributed by atoms with van der Waals surface area (Å²) < 4.78 is 7.61. The summed E-state index contributed by atoms with van der Waals surface area (Å²) in [5.74, 6) is 0.293. The SMILES string of the molecule is CC(C)N1CCC(Nc2ccc3c(c2)c(C2=NCCOC2)c(O)n3C(C)C)CC1. The number of fused-ring (bicyclic) bond motifs is 1. The van der Waals surface area contributed by atoms with Crippen molar-refractivity contribution in [1.82, 2.24) is 9.47 Å². The van der Waals surface area contributed by atoms with E-state index >= 15 is 0 Å². The van der Waals surface area contributed by atoms with Crippen molar-refractivity contribution in [1.29, 1.82) is 0 Å². The highest BCUT2D eigenvalue weighted by atomic mass is 16.5. The van der Waals surface area contributed by atoms with Gasteiger partial charge in [0.15, 0.2) is 0 Å². The van der Waals surface area contributed by atoms with Gasteiger partial charge in [-0.25, -0.2) is 0 Å². The lowest BCUT2D eigenvalue weighted by molar-refractivity contribution is 0.171. The van der Waals surface area contributed by atoms with E-state index in [0.29, 0.717) is 37.7 Å². The van der Waals surface area contributed by atoms with E-state index in [0.717, 1.165) is 53.8 Å². The first-order valence-electron chi connectivity index (χ1n) is 10.9. The first-order valence-corrected chi connectivity index (χ1v) is 10.9. The van der Waals surface area contributed by atoms with Crippen LogP contribution in [-0.4, -0.2) is 65.2 Å². The summed E-state index contributed by atoms with van der Waals surface area (Å²) in [5.41, 5.74) is 3.83. The number of rotatable bonds is 5. The lowest BCUT2D eigenvalue weighted by atomic mass is 10.0. The number of nitrogens with zero attached hydrogens (tertiary/aromatic N) is 3. The van der Waals surface area contributed by atoms with Gasteiger partial charge in [-0.2, -0.15) is 0 Å². The Morgan fingerprint density at radius 2 is 1.90 bits per heavy atom. The Balaban J connectivity index is 1.65. The average Bonchev–Trinajstić information content (AvgIpc) is 3.00. The zero-order chi connectivity index (χ0) is 20.5. The minimum Gasteiger partial charge on any atom is -0.494 e. The molecule has 0 bridgehead atoms. The number of nitrogens with one attached hydrogen (secondary N) is 1. The smallest absolute Gasteiger partial charge is 0.201 e. The molecule has 0 amide bonds. The van der Waals surface area contributed by atoms with Crippen molar-refractivity contribution < 1.29 is 9.84 Å². The fourth-order valence-electron chi connectivity index (χ4n) is 4.61. The number of aromatic hydroxyl groups is 1. The minimum atomic E-state index is 0.163.